The monoisotopic (exact) mass is 474 g/mol. The van der Waals surface area contributed by atoms with Crippen LogP contribution in [0.4, 0.5) is 5.69 Å². The van der Waals surface area contributed by atoms with Gasteiger partial charge >= 0.3 is 5.97 Å². The minimum Gasteiger partial charge on any atom is -0.484 e. The van der Waals surface area contributed by atoms with Gasteiger partial charge in [-0.05, 0) is 75.1 Å². The van der Waals surface area contributed by atoms with Gasteiger partial charge in [0.25, 0.3) is 5.91 Å². The second-order valence-corrected chi connectivity index (χ2v) is 9.83. The molecule has 3 rings (SSSR count). The summed E-state index contributed by atoms with van der Waals surface area (Å²) in [6.07, 6.45) is 2.21. The molecule has 0 bridgehead atoms. The number of ether oxygens (including phenoxy) is 2. The van der Waals surface area contributed by atoms with Crippen molar-refractivity contribution in [3.8, 4) is 5.75 Å². The minimum atomic E-state index is -3.59. The highest BCUT2D eigenvalue weighted by molar-refractivity contribution is 7.89. The molecule has 8 nitrogen and oxygen atoms in total. The van der Waals surface area contributed by atoms with Crippen LogP contribution >= 0.6 is 0 Å². The highest BCUT2D eigenvalue weighted by atomic mass is 32.2. The molecule has 0 spiro atoms. The lowest BCUT2D eigenvalue weighted by atomic mass is 9.96. The molecule has 1 fully saturated rings. The van der Waals surface area contributed by atoms with Gasteiger partial charge in [-0.1, -0.05) is 19.1 Å². The van der Waals surface area contributed by atoms with Gasteiger partial charge < -0.3 is 14.8 Å². The van der Waals surface area contributed by atoms with Gasteiger partial charge in [0.2, 0.25) is 10.0 Å². The topological polar surface area (TPSA) is 111 Å². The Kier molecular flexibility index (Phi) is 7.76. The maximum atomic E-state index is 12.3. The average Bonchev–Trinajstić information content (AvgIpc) is 3.60. The first kappa shape index (κ1) is 24.7. The summed E-state index contributed by atoms with van der Waals surface area (Å²) in [5, 5.41) is 2.74. The van der Waals surface area contributed by atoms with E-state index in [4.69, 9.17) is 9.47 Å². The second-order valence-electron chi connectivity index (χ2n) is 8.12. The minimum absolute atomic E-state index is 0.135. The molecule has 0 saturated heterocycles. The summed E-state index contributed by atoms with van der Waals surface area (Å²) >= 11 is 0. The Balaban J connectivity index is 1.52. The predicted molar refractivity (Wildman–Crippen MR) is 125 cm³/mol. The number of esters is 1. The zero-order chi connectivity index (χ0) is 24.1. The van der Waals surface area contributed by atoms with Crippen LogP contribution in [-0.2, 0) is 29.8 Å². The molecule has 33 heavy (non-hydrogen) atoms. The molecule has 0 aromatic heterocycles. The standard InChI is InChI=1S/C24H30N2O6S/c1-4-17(3)26-33(29,30)21-12-10-20(11-13-21)32-16-22(27)25-19-8-6-18(7-9-19)24(14-15-24)23(28)31-5-2/h6-13,17,26H,4-5,14-16H2,1-3H3,(H,25,27). The summed E-state index contributed by atoms with van der Waals surface area (Å²) in [5.74, 6) is -0.179. The molecular weight excluding hydrogens is 444 g/mol. The molecular formula is C24H30N2O6S. The Labute approximate surface area is 194 Å². The van der Waals surface area contributed by atoms with Crippen molar-refractivity contribution in [2.45, 2.75) is 56.4 Å². The van der Waals surface area contributed by atoms with Crippen LogP contribution in [-0.4, -0.2) is 39.5 Å². The van der Waals surface area contributed by atoms with E-state index in [0.717, 1.165) is 18.4 Å². The fraction of sp³-hybridized carbons (Fsp3) is 0.417. The van der Waals surface area contributed by atoms with Crippen molar-refractivity contribution < 1.29 is 27.5 Å². The normalized spacial score (nSPS) is 15.4. The van der Waals surface area contributed by atoms with Crippen molar-refractivity contribution in [1.29, 1.82) is 0 Å². The van der Waals surface area contributed by atoms with Crippen LogP contribution in [0, 0.1) is 0 Å². The lowest BCUT2D eigenvalue weighted by Crippen LogP contribution is -2.31. The third-order valence-corrected chi connectivity index (χ3v) is 7.22. The molecule has 0 radical (unpaired) electrons. The first-order valence-corrected chi connectivity index (χ1v) is 12.5. The number of hydrogen-bond acceptors (Lipinski definition) is 6. The van der Waals surface area contributed by atoms with Crippen LogP contribution in [0.1, 0.15) is 45.6 Å². The van der Waals surface area contributed by atoms with E-state index in [0.29, 0.717) is 24.5 Å². The largest absolute Gasteiger partial charge is 0.484 e. The molecule has 1 amide bonds. The second kappa shape index (κ2) is 10.4. The van der Waals surface area contributed by atoms with Crippen molar-refractivity contribution >= 4 is 27.6 Å². The lowest BCUT2D eigenvalue weighted by Gasteiger charge is -2.15. The molecule has 1 unspecified atom stereocenters. The SMILES string of the molecule is CCOC(=O)C1(c2ccc(NC(=O)COc3ccc(S(=O)(=O)NC(C)CC)cc3)cc2)CC1. The molecule has 1 saturated carbocycles. The van der Waals surface area contributed by atoms with Gasteiger partial charge in [0.05, 0.1) is 16.9 Å². The summed E-state index contributed by atoms with van der Waals surface area (Å²) in [5.41, 5.74) is 0.920. The van der Waals surface area contributed by atoms with Gasteiger partial charge in [0.15, 0.2) is 6.61 Å². The van der Waals surface area contributed by atoms with Gasteiger partial charge in [-0.2, -0.15) is 0 Å². The lowest BCUT2D eigenvalue weighted by molar-refractivity contribution is -0.146. The van der Waals surface area contributed by atoms with Crippen molar-refractivity contribution in [3.63, 3.8) is 0 Å². The number of nitrogens with one attached hydrogen (secondary N) is 2. The number of carbonyl (C=O) groups is 2. The van der Waals surface area contributed by atoms with Gasteiger partial charge in [0, 0.05) is 11.7 Å². The Hall–Kier alpha value is -2.91. The first-order valence-electron chi connectivity index (χ1n) is 11.0. The third kappa shape index (κ3) is 6.11. The van der Waals surface area contributed by atoms with Crippen LogP contribution in [0.2, 0.25) is 0 Å². The number of sulfonamides is 1. The van der Waals surface area contributed by atoms with Crippen LogP contribution in [0.15, 0.2) is 53.4 Å². The van der Waals surface area contributed by atoms with Crippen molar-refractivity contribution in [2.75, 3.05) is 18.5 Å². The highest BCUT2D eigenvalue weighted by Gasteiger charge is 2.52. The van der Waals surface area contributed by atoms with Gasteiger partial charge in [-0.3, -0.25) is 9.59 Å². The molecule has 1 atom stereocenters. The number of hydrogen-bond donors (Lipinski definition) is 2. The summed E-state index contributed by atoms with van der Waals surface area (Å²) in [6, 6.07) is 12.9. The summed E-state index contributed by atoms with van der Waals surface area (Å²) in [6.45, 7) is 5.60. The molecule has 9 heteroatoms. The Morgan fingerprint density at radius 3 is 2.21 bits per heavy atom. The van der Waals surface area contributed by atoms with E-state index in [1.807, 2.05) is 19.1 Å². The predicted octanol–water partition coefficient (Wildman–Crippen LogP) is 3.38. The van der Waals surface area contributed by atoms with Crippen molar-refractivity contribution in [3.05, 3.63) is 54.1 Å². The van der Waals surface area contributed by atoms with E-state index in [1.54, 1.807) is 26.0 Å². The van der Waals surface area contributed by atoms with E-state index in [9.17, 15) is 18.0 Å². The Bertz CT molecular complexity index is 1080. The van der Waals surface area contributed by atoms with Gasteiger partial charge in [0.1, 0.15) is 5.75 Å². The molecule has 178 valence electrons. The first-order chi connectivity index (χ1) is 15.7. The number of carbonyl (C=O) groups excluding carboxylic acids is 2. The molecule has 2 aromatic rings. The number of anilines is 1. The molecule has 2 N–H and O–H groups in total. The van der Waals surface area contributed by atoms with Gasteiger partial charge in [-0.15, -0.1) is 0 Å². The smallest absolute Gasteiger partial charge is 0.316 e. The zero-order valence-corrected chi connectivity index (χ0v) is 19.9. The maximum Gasteiger partial charge on any atom is 0.316 e. The maximum absolute atomic E-state index is 12.3. The fourth-order valence-electron chi connectivity index (χ4n) is 3.35. The number of rotatable bonds is 11. The number of benzene rings is 2. The van der Waals surface area contributed by atoms with Crippen LogP contribution in [0.25, 0.3) is 0 Å². The zero-order valence-electron chi connectivity index (χ0n) is 19.1. The van der Waals surface area contributed by atoms with E-state index in [1.165, 1.54) is 24.3 Å². The molecule has 1 aliphatic rings. The highest BCUT2D eigenvalue weighted by Crippen LogP contribution is 2.49. The van der Waals surface area contributed by atoms with Crippen molar-refractivity contribution in [1.82, 2.24) is 4.72 Å². The van der Waals surface area contributed by atoms with Crippen molar-refractivity contribution in [2.24, 2.45) is 0 Å². The summed E-state index contributed by atoms with van der Waals surface area (Å²) in [7, 11) is -3.59. The Morgan fingerprint density at radius 1 is 1.03 bits per heavy atom. The molecule has 0 aliphatic heterocycles. The fourth-order valence-corrected chi connectivity index (χ4v) is 4.68. The number of amides is 1. The molecule has 0 heterocycles. The van der Waals surface area contributed by atoms with Crippen LogP contribution in [0.3, 0.4) is 0 Å². The average molecular weight is 475 g/mol. The molecule has 2 aromatic carbocycles. The third-order valence-electron chi connectivity index (χ3n) is 5.61. The van der Waals surface area contributed by atoms with E-state index >= 15 is 0 Å². The Morgan fingerprint density at radius 2 is 1.67 bits per heavy atom. The summed E-state index contributed by atoms with van der Waals surface area (Å²) in [4.78, 5) is 24.6. The van der Waals surface area contributed by atoms with Gasteiger partial charge in [-0.25, -0.2) is 13.1 Å². The van der Waals surface area contributed by atoms with E-state index in [-0.39, 0.29) is 29.4 Å². The van der Waals surface area contributed by atoms with Crippen LogP contribution in [0.5, 0.6) is 5.75 Å². The van der Waals surface area contributed by atoms with Crippen LogP contribution < -0.4 is 14.8 Å². The quantitative estimate of drug-likeness (QED) is 0.483. The summed E-state index contributed by atoms with van der Waals surface area (Å²) < 4.78 is 37.8. The molecule has 1 aliphatic carbocycles. The van der Waals surface area contributed by atoms with E-state index < -0.39 is 15.4 Å². The van der Waals surface area contributed by atoms with E-state index in [2.05, 4.69) is 10.0 Å².